The molecule has 0 saturated carbocycles. The molecule has 0 N–H and O–H groups in total. The lowest BCUT2D eigenvalue weighted by Gasteiger charge is -2.39. The van der Waals surface area contributed by atoms with Gasteiger partial charge in [0, 0.05) is 38.0 Å². The summed E-state index contributed by atoms with van der Waals surface area (Å²) in [5.41, 5.74) is 1.70. The van der Waals surface area contributed by atoms with Crippen molar-refractivity contribution < 1.29 is 19.1 Å². The number of rotatable bonds is 7. The molecule has 1 saturated heterocycles. The predicted molar refractivity (Wildman–Crippen MR) is 112 cm³/mol. The van der Waals surface area contributed by atoms with Gasteiger partial charge in [-0.25, -0.2) is 0 Å². The summed E-state index contributed by atoms with van der Waals surface area (Å²) in [6.07, 6.45) is 0.409. The van der Waals surface area contributed by atoms with Crippen molar-refractivity contribution in [2.24, 2.45) is 0 Å². The summed E-state index contributed by atoms with van der Waals surface area (Å²) in [5, 5.41) is 0. The fourth-order valence-corrected chi connectivity index (χ4v) is 3.63. The Labute approximate surface area is 172 Å². The fraction of sp³-hybridized carbons (Fsp3) is 0.391. The Balaban J connectivity index is 1.61. The van der Waals surface area contributed by atoms with E-state index in [1.54, 1.807) is 38.5 Å². The number of carbonyl (C=O) groups excluding carboxylic acids is 2. The molecule has 1 unspecified atom stereocenters. The summed E-state index contributed by atoms with van der Waals surface area (Å²) in [6, 6.07) is 15.1. The van der Waals surface area contributed by atoms with Crippen LogP contribution >= 0.6 is 0 Å². The topological polar surface area (TPSA) is 59.1 Å². The van der Waals surface area contributed by atoms with Gasteiger partial charge in [0.25, 0.3) is 0 Å². The molecular formula is C23H28N2O4. The molecule has 2 aromatic rings. The minimum absolute atomic E-state index is 0.0160. The van der Waals surface area contributed by atoms with Crippen LogP contribution in [0.1, 0.15) is 34.8 Å². The third-order valence-electron chi connectivity index (χ3n) is 5.44. The van der Waals surface area contributed by atoms with E-state index in [9.17, 15) is 9.59 Å². The van der Waals surface area contributed by atoms with E-state index >= 15 is 0 Å². The van der Waals surface area contributed by atoms with Gasteiger partial charge in [0.15, 0.2) is 5.78 Å². The van der Waals surface area contributed by atoms with Gasteiger partial charge in [0.05, 0.1) is 20.3 Å². The van der Waals surface area contributed by atoms with Crippen molar-refractivity contribution >= 4 is 11.7 Å². The standard InChI is InChI=1S/C23H28N2O4/c1-24-12-13-25(16-21(24)17-6-4-8-19(14-17)28-2)23(27)11-10-22(26)18-7-5-9-20(15-18)29-3/h4-9,14-15,21H,10-13,16H2,1-3H3. The van der Waals surface area contributed by atoms with Crippen molar-refractivity contribution in [1.82, 2.24) is 9.80 Å². The number of hydrogen-bond acceptors (Lipinski definition) is 5. The Morgan fingerprint density at radius 1 is 0.966 bits per heavy atom. The summed E-state index contributed by atoms with van der Waals surface area (Å²) in [4.78, 5) is 29.3. The second-order valence-corrected chi connectivity index (χ2v) is 7.27. The first-order valence-electron chi connectivity index (χ1n) is 9.81. The molecule has 1 amide bonds. The quantitative estimate of drug-likeness (QED) is 0.673. The summed E-state index contributed by atoms with van der Waals surface area (Å²) in [6.45, 7) is 2.07. The maximum atomic E-state index is 12.8. The van der Waals surface area contributed by atoms with E-state index in [0.717, 1.165) is 17.9 Å². The molecule has 0 spiro atoms. The van der Waals surface area contributed by atoms with Gasteiger partial charge in [0.2, 0.25) is 5.91 Å². The molecule has 1 aliphatic rings. The van der Waals surface area contributed by atoms with Crippen LogP contribution in [0.3, 0.4) is 0 Å². The average molecular weight is 396 g/mol. The Hall–Kier alpha value is -2.86. The number of benzene rings is 2. The molecule has 6 heteroatoms. The third kappa shape index (κ3) is 5.15. The van der Waals surface area contributed by atoms with E-state index in [-0.39, 0.29) is 30.6 Å². The highest BCUT2D eigenvalue weighted by Gasteiger charge is 2.28. The average Bonchev–Trinajstić information content (AvgIpc) is 2.77. The van der Waals surface area contributed by atoms with Crippen LogP contribution < -0.4 is 9.47 Å². The molecule has 1 heterocycles. The first kappa shape index (κ1) is 20.9. The maximum absolute atomic E-state index is 12.8. The molecule has 0 aliphatic carbocycles. The lowest BCUT2D eigenvalue weighted by atomic mass is 10.0. The van der Waals surface area contributed by atoms with E-state index in [4.69, 9.17) is 9.47 Å². The van der Waals surface area contributed by atoms with E-state index in [1.807, 2.05) is 23.1 Å². The number of nitrogens with zero attached hydrogens (tertiary/aromatic N) is 2. The van der Waals surface area contributed by atoms with Gasteiger partial charge in [-0.1, -0.05) is 24.3 Å². The van der Waals surface area contributed by atoms with Crippen LogP contribution in [0.5, 0.6) is 11.5 Å². The van der Waals surface area contributed by atoms with Gasteiger partial charge < -0.3 is 14.4 Å². The Morgan fingerprint density at radius 3 is 2.38 bits per heavy atom. The Bertz CT molecular complexity index is 867. The van der Waals surface area contributed by atoms with Crippen molar-refractivity contribution in [3.63, 3.8) is 0 Å². The largest absolute Gasteiger partial charge is 0.497 e. The van der Waals surface area contributed by atoms with Crippen molar-refractivity contribution in [2.45, 2.75) is 18.9 Å². The zero-order valence-corrected chi connectivity index (χ0v) is 17.3. The van der Waals surface area contributed by atoms with E-state index in [2.05, 4.69) is 18.0 Å². The SMILES string of the molecule is COc1cccc(C(=O)CCC(=O)N2CCN(C)C(c3cccc(OC)c3)C2)c1. The summed E-state index contributed by atoms with van der Waals surface area (Å²) < 4.78 is 10.5. The highest BCUT2D eigenvalue weighted by molar-refractivity contribution is 5.98. The number of hydrogen-bond donors (Lipinski definition) is 0. The Kier molecular flexibility index (Phi) is 6.88. The van der Waals surface area contributed by atoms with Crippen LogP contribution in [0, 0.1) is 0 Å². The van der Waals surface area contributed by atoms with Crippen LogP contribution in [0.15, 0.2) is 48.5 Å². The van der Waals surface area contributed by atoms with E-state index < -0.39 is 0 Å². The zero-order chi connectivity index (χ0) is 20.8. The number of ether oxygens (including phenoxy) is 2. The second kappa shape index (κ2) is 9.56. The van der Waals surface area contributed by atoms with Crippen molar-refractivity contribution in [3.8, 4) is 11.5 Å². The minimum atomic E-state index is -0.0456. The lowest BCUT2D eigenvalue weighted by Crippen LogP contribution is -2.49. The number of methoxy groups -OCH3 is 2. The molecule has 6 nitrogen and oxygen atoms in total. The van der Waals surface area contributed by atoms with Gasteiger partial charge in [0.1, 0.15) is 11.5 Å². The number of carbonyl (C=O) groups is 2. The number of piperazine rings is 1. The number of ketones is 1. The van der Waals surface area contributed by atoms with Crippen molar-refractivity contribution in [1.29, 1.82) is 0 Å². The number of amides is 1. The highest BCUT2D eigenvalue weighted by atomic mass is 16.5. The third-order valence-corrected chi connectivity index (χ3v) is 5.44. The van der Waals surface area contributed by atoms with Gasteiger partial charge in [-0.15, -0.1) is 0 Å². The first-order chi connectivity index (χ1) is 14.0. The predicted octanol–water partition coefficient (Wildman–Crippen LogP) is 3.18. The van der Waals surface area contributed by atoms with Crippen LogP contribution in [0.2, 0.25) is 0 Å². The van der Waals surface area contributed by atoms with Gasteiger partial charge in [-0.2, -0.15) is 0 Å². The molecule has 1 aliphatic heterocycles. The zero-order valence-electron chi connectivity index (χ0n) is 17.3. The summed E-state index contributed by atoms with van der Waals surface area (Å²) in [7, 11) is 5.29. The normalized spacial score (nSPS) is 17.1. The van der Waals surface area contributed by atoms with Crippen molar-refractivity contribution in [3.05, 3.63) is 59.7 Å². The Morgan fingerprint density at radius 2 is 1.66 bits per heavy atom. The molecule has 1 atom stereocenters. The van der Waals surface area contributed by atoms with Gasteiger partial charge in [-0.05, 0) is 36.9 Å². The lowest BCUT2D eigenvalue weighted by molar-refractivity contribution is -0.134. The van der Waals surface area contributed by atoms with Crippen LogP contribution in [-0.4, -0.2) is 62.4 Å². The van der Waals surface area contributed by atoms with E-state index in [0.29, 0.717) is 24.4 Å². The molecule has 2 aromatic carbocycles. The van der Waals surface area contributed by atoms with Gasteiger partial charge in [-0.3, -0.25) is 14.5 Å². The minimum Gasteiger partial charge on any atom is -0.497 e. The molecule has 3 rings (SSSR count). The second-order valence-electron chi connectivity index (χ2n) is 7.27. The summed E-state index contributed by atoms with van der Waals surface area (Å²) in [5.74, 6) is 1.42. The molecule has 0 radical (unpaired) electrons. The van der Waals surface area contributed by atoms with Gasteiger partial charge >= 0.3 is 0 Å². The molecule has 1 fully saturated rings. The smallest absolute Gasteiger partial charge is 0.223 e. The molecule has 29 heavy (non-hydrogen) atoms. The van der Waals surface area contributed by atoms with Crippen molar-refractivity contribution in [2.75, 3.05) is 40.9 Å². The fourth-order valence-electron chi connectivity index (χ4n) is 3.63. The number of likely N-dealkylation sites (N-methyl/N-ethyl adjacent to an activating group) is 1. The molecular weight excluding hydrogens is 368 g/mol. The monoisotopic (exact) mass is 396 g/mol. The van der Waals surface area contributed by atoms with Crippen LogP contribution in [0.4, 0.5) is 0 Å². The number of Topliss-reactive ketones (excluding diaryl/α,β-unsaturated/α-hetero) is 1. The molecule has 0 bridgehead atoms. The molecule has 154 valence electrons. The molecule has 0 aromatic heterocycles. The van der Waals surface area contributed by atoms with Crippen LogP contribution in [-0.2, 0) is 4.79 Å². The van der Waals surface area contributed by atoms with Crippen LogP contribution in [0.25, 0.3) is 0 Å². The first-order valence-corrected chi connectivity index (χ1v) is 9.81. The summed E-state index contributed by atoms with van der Waals surface area (Å²) >= 11 is 0. The van der Waals surface area contributed by atoms with E-state index in [1.165, 1.54) is 0 Å². The maximum Gasteiger partial charge on any atom is 0.223 e. The highest BCUT2D eigenvalue weighted by Crippen LogP contribution is 2.27.